The van der Waals surface area contributed by atoms with Crippen LogP contribution >= 0.6 is 34.8 Å². The van der Waals surface area contributed by atoms with Crippen LogP contribution in [0, 0.1) is 0 Å². The lowest BCUT2D eigenvalue weighted by atomic mass is 10.1. The van der Waals surface area contributed by atoms with Crippen LogP contribution in [0.25, 0.3) is 22.1 Å². The summed E-state index contributed by atoms with van der Waals surface area (Å²) in [5.74, 6) is 0.646. The second-order valence-corrected chi connectivity index (χ2v) is 9.25. The topological polar surface area (TPSA) is 91.1 Å². The smallest absolute Gasteiger partial charge is 0.205 e. The van der Waals surface area contributed by atoms with Crippen LogP contribution in [-0.2, 0) is 6.42 Å². The third-order valence-electron chi connectivity index (χ3n) is 5.90. The fourth-order valence-electron chi connectivity index (χ4n) is 4.16. The van der Waals surface area contributed by atoms with Gasteiger partial charge >= 0.3 is 0 Å². The number of hydrogen-bond acceptors (Lipinski definition) is 6. The number of piperidine rings is 1. The average molecular weight is 507 g/mol. The molecule has 1 aliphatic rings. The summed E-state index contributed by atoms with van der Waals surface area (Å²) in [6, 6.07) is 3.71. The number of nitrogen functional groups attached to an aromatic ring is 1. The Morgan fingerprint density at radius 2 is 1.91 bits per heavy atom. The second kappa shape index (κ2) is 9.43. The number of nitrogens with one attached hydrogen (secondary N) is 1. The monoisotopic (exact) mass is 505 g/mol. The average Bonchev–Trinajstić information content (AvgIpc) is 3.44. The van der Waals surface area contributed by atoms with Crippen molar-refractivity contribution < 1.29 is 9.15 Å². The minimum absolute atomic E-state index is 0.252. The molecular weight excluding hydrogens is 485 g/mol. The van der Waals surface area contributed by atoms with Gasteiger partial charge in [-0.15, -0.1) is 0 Å². The first-order valence-electron chi connectivity index (χ1n) is 10.7. The lowest BCUT2D eigenvalue weighted by Gasteiger charge is -2.22. The molecule has 0 bridgehead atoms. The number of benzene rings is 1. The molecule has 0 spiro atoms. The van der Waals surface area contributed by atoms with Crippen molar-refractivity contribution in [3.05, 3.63) is 57.6 Å². The van der Waals surface area contributed by atoms with Crippen LogP contribution in [0.2, 0.25) is 15.1 Å². The summed E-state index contributed by atoms with van der Waals surface area (Å²) in [5.41, 5.74) is 9.26. The molecule has 3 N–H and O–H groups in total. The summed E-state index contributed by atoms with van der Waals surface area (Å²) < 4.78 is 13.9. The van der Waals surface area contributed by atoms with Gasteiger partial charge in [-0.25, -0.2) is 4.98 Å². The zero-order valence-electron chi connectivity index (χ0n) is 17.7. The lowest BCUT2D eigenvalue weighted by molar-refractivity contribution is 0.321. The van der Waals surface area contributed by atoms with Gasteiger partial charge in [-0.1, -0.05) is 34.8 Å². The molecule has 4 heterocycles. The molecule has 1 saturated heterocycles. The van der Waals surface area contributed by atoms with Crippen LogP contribution in [0.1, 0.15) is 24.4 Å². The summed E-state index contributed by atoms with van der Waals surface area (Å²) >= 11 is 18.6. The Morgan fingerprint density at radius 1 is 1.15 bits per heavy atom. The zero-order chi connectivity index (χ0) is 22.9. The van der Waals surface area contributed by atoms with E-state index in [2.05, 4.69) is 21.6 Å². The van der Waals surface area contributed by atoms with E-state index in [-0.39, 0.29) is 12.4 Å². The van der Waals surface area contributed by atoms with Gasteiger partial charge in [0.25, 0.3) is 0 Å². The van der Waals surface area contributed by atoms with Gasteiger partial charge in [0, 0.05) is 45.0 Å². The standard InChI is InChI=1S/C23H22Cl3N5O2/c24-14-7-19(25)16(20(26)8-14)3-6-32-22-21-17(10-29-23(22)27)18(12-33-21)13-9-30-31(11-13)15-1-4-28-5-2-15/h7-12,15,28H,1-6H2,(H2,27,29). The van der Waals surface area contributed by atoms with Crippen LogP contribution in [0.4, 0.5) is 5.82 Å². The molecule has 33 heavy (non-hydrogen) atoms. The predicted molar refractivity (Wildman–Crippen MR) is 131 cm³/mol. The Morgan fingerprint density at radius 3 is 2.67 bits per heavy atom. The van der Waals surface area contributed by atoms with Gasteiger partial charge in [0.05, 0.1) is 24.2 Å². The van der Waals surface area contributed by atoms with Crippen LogP contribution < -0.4 is 15.8 Å². The minimum atomic E-state index is 0.252. The van der Waals surface area contributed by atoms with Gasteiger partial charge in [-0.05, 0) is 43.6 Å². The lowest BCUT2D eigenvalue weighted by Crippen LogP contribution is -2.29. The third kappa shape index (κ3) is 4.51. The molecule has 4 aromatic rings. The van der Waals surface area contributed by atoms with E-state index in [4.69, 9.17) is 49.7 Å². The normalized spacial score (nSPS) is 14.8. The van der Waals surface area contributed by atoms with Crippen molar-refractivity contribution in [1.82, 2.24) is 20.1 Å². The highest BCUT2D eigenvalue weighted by Gasteiger charge is 2.20. The molecule has 0 amide bonds. The maximum Gasteiger partial charge on any atom is 0.205 e. The fraction of sp³-hybridized carbons (Fsp3) is 0.304. The maximum absolute atomic E-state index is 6.28. The first-order valence-corrected chi connectivity index (χ1v) is 11.8. The summed E-state index contributed by atoms with van der Waals surface area (Å²) in [6.07, 6.45) is 9.90. The van der Waals surface area contributed by atoms with Gasteiger partial charge in [0.1, 0.15) is 6.26 Å². The second-order valence-electron chi connectivity index (χ2n) is 8.00. The number of fused-ring (bicyclic) bond motifs is 1. The van der Waals surface area contributed by atoms with E-state index in [0.717, 1.165) is 48.0 Å². The minimum Gasteiger partial charge on any atom is -0.486 e. The van der Waals surface area contributed by atoms with Crippen molar-refractivity contribution in [2.24, 2.45) is 0 Å². The van der Waals surface area contributed by atoms with Crippen molar-refractivity contribution >= 4 is 51.6 Å². The number of aromatic nitrogens is 3. The first kappa shape index (κ1) is 22.3. The molecule has 0 atom stereocenters. The molecule has 0 unspecified atom stereocenters. The highest BCUT2D eigenvalue weighted by molar-refractivity contribution is 6.39. The molecule has 0 saturated carbocycles. The number of halogens is 3. The Hall–Kier alpha value is -2.45. The molecule has 1 fully saturated rings. The largest absolute Gasteiger partial charge is 0.486 e. The van der Waals surface area contributed by atoms with Gasteiger partial charge < -0.3 is 20.2 Å². The Bertz CT molecular complexity index is 1270. The molecule has 5 rings (SSSR count). The molecule has 1 aliphatic heterocycles. The molecule has 10 heteroatoms. The van der Waals surface area contributed by atoms with Crippen molar-refractivity contribution in [2.45, 2.75) is 25.3 Å². The number of furan rings is 1. The Labute approximate surface area is 205 Å². The quantitative estimate of drug-likeness (QED) is 0.344. The number of rotatable bonds is 6. The number of ether oxygens (including phenoxy) is 1. The number of hydrogen-bond donors (Lipinski definition) is 2. The highest BCUT2D eigenvalue weighted by atomic mass is 35.5. The number of anilines is 1. The van der Waals surface area contributed by atoms with E-state index in [9.17, 15) is 0 Å². The fourth-order valence-corrected chi connectivity index (χ4v) is 5.16. The van der Waals surface area contributed by atoms with Gasteiger partial charge in [0.2, 0.25) is 5.75 Å². The van der Waals surface area contributed by atoms with Crippen LogP contribution in [0.5, 0.6) is 5.75 Å². The molecule has 0 aliphatic carbocycles. The van der Waals surface area contributed by atoms with Gasteiger partial charge in [-0.2, -0.15) is 5.10 Å². The third-order valence-corrected chi connectivity index (χ3v) is 6.79. The molecule has 3 aromatic heterocycles. The molecule has 1 aromatic carbocycles. The molecule has 172 valence electrons. The van der Waals surface area contributed by atoms with Gasteiger partial charge in [0.15, 0.2) is 11.4 Å². The summed E-state index contributed by atoms with van der Waals surface area (Å²) in [5, 5.41) is 10.2. The van der Waals surface area contributed by atoms with Crippen molar-refractivity contribution in [2.75, 3.05) is 25.4 Å². The summed E-state index contributed by atoms with van der Waals surface area (Å²) in [6.45, 7) is 2.30. The molecule has 0 radical (unpaired) electrons. The molecule has 7 nitrogen and oxygen atoms in total. The van der Waals surface area contributed by atoms with Crippen LogP contribution in [-0.4, -0.2) is 34.5 Å². The predicted octanol–water partition coefficient (Wildman–Crippen LogP) is 5.78. The van der Waals surface area contributed by atoms with E-state index in [0.29, 0.717) is 38.9 Å². The number of pyridine rings is 1. The van der Waals surface area contributed by atoms with E-state index < -0.39 is 0 Å². The van der Waals surface area contributed by atoms with E-state index in [1.165, 1.54) is 0 Å². The van der Waals surface area contributed by atoms with E-state index in [1.54, 1.807) is 24.6 Å². The van der Waals surface area contributed by atoms with E-state index in [1.807, 2.05) is 10.9 Å². The number of nitrogens with zero attached hydrogens (tertiary/aromatic N) is 3. The highest BCUT2D eigenvalue weighted by Crippen LogP contribution is 2.38. The van der Waals surface area contributed by atoms with E-state index >= 15 is 0 Å². The SMILES string of the molecule is Nc1ncc2c(-c3cnn(C4CCNCC4)c3)coc2c1OCCc1c(Cl)cc(Cl)cc1Cl. The van der Waals surface area contributed by atoms with Gasteiger partial charge in [-0.3, -0.25) is 4.68 Å². The summed E-state index contributed by atoms with van der Waals surface area (Å²) in [4.78, 5) is 4.32. The molecular formula is C23H22Cl3N5O2. The zero-order valence-corrected chi connectivity index (χ0v) is 19.9. The van der Waals surface area contributed by atoms with Crippen LogP contribution in [0.3, 0.4) is 0 Å². The maximum atomic E-state index is 6.28. The van der Waals surface area contributed by atoms with Crippen molar-refractivity contribution in [3.63, 3.8) is 0 Å². The number of nitrogens with two attached hydrogens (primary N) is 1. The Kier molecular flexibility index (Phi) is 6.38. The Balaban J connectivity index is 1.38. The summed E-state index contributed by atoms with van der Waals surface area (Å²) in [7, 11) is 0. The van der Waals surface area contributed by atoms with Crippen LogP contribution in [0.15, 0.2) is 41.4 Å². The van der Waals surface area contributed by atoms with Crippen molar-refractivity contribution in [3.8, 4) is 16.9 Å². The first-order chi connectivity index (χ1) is 16.0. The van der Waals surface area contributed by atoms with Crippen molar-refractivity contribution in [1.29, 1.82) is 0 Å².